The molecule has 0 aliphatic heterocycles. The third-order valence-electron chi connectivity index (χ3n) is 2.05. The first-order chi connectivity index (χ1) is 8.45. The molecule has 0 aliphatic carbocycles. The number of carbonyl (C=O) groups excluding carboxylic acids is 1. The summed E-state index contributed by atoms with van der Waals surface area (Å²) in [7, 11) is 0. The van der Waals surface area contributed by atoms with E-state index in [-0.39, 0.29) is 17.0 Å². The van der Waals surface area contributed by atoms with Crippen molar-refractivity contribution in [3.8, 4) is 6.07 Å². The molecule has 0 heterocycles. The van der Waals surface area contributed by atoms with Crippen molar-refractivity contribution in [3.05, 3.63) is 41.1 Å². The van der Waals surface area contributed by atoms with Crippen LogP contribution in [0.4, 0.5) is 8.78 Å². The van der Waals surface area contributed by atoms with Gasteiger partial charge in [0.05, 0.1) is 5.75 Å². The van der Waals surface area contributed by atoms with E-state index in [1.54, 1.807) is 6.07 Å². The molecule has 94 valence electrons. The van der Waals surface area contributed by atoms with E-state index in [9.17, 15) is 13.6 Å². The highest BCUT2D eigenvalue weighted by molar-refractivity contribution is 8.00. The number of benzene rings is 1. The Balaban J connectivity index is 2.72. The van der Waals surface area contributed by atoms with Crippen LogP contribution in [0.15, 0.2) is 34.4 Å². The van der Waals surface area contributed by atoms with Gasteiger partial charge in [0.1, 0.15) is 11.6 Å². The third kappa shape index (κ3) is 3.57. The number of hydrogen-bond acceptors (Lipinski definition) is 4. The summed E-state index contributed by atoms with van der Waals surface area (Å²) in [6.45, 7) is 1.46. The smallest absolute Gasteiger partial charge is 0.185 e. The number of thioether (sulfide) groups is 1. The maximum Gasteiger partial charge on any atom is 0.185 e. The Kier molecular flexibility index (Phi) is 4.86. The van der Waals surface area contributed by atoms with Crippen LogP contribution < -0.4 is 5.73 Å². The lowest BCUT2D eigenvalue weighted by Gasteiger charge is -2.02. The van der Waals surface area contributed by atoms with Crippen molar-refractivity contribution in [1.29, 1.82) is 5.26 Å². The van der Waals surface area contributed by atoms with Crippen LogP contribution in [-0.4, -0.2) is 11.5 Å². The second-order valence-electron chi connectivity index (χ2n) is 3.46. The van der Waals surface area contributed by atoms with Gasteiger partial charge in [0.25, 0.3) is 0 Å². The first-order valence-electron chi connectivity index (χ1n) is 4.93. The Hall–Kier alpha value is -1.87. The molecule has 0 fully saturated rings. The standard InChI is InChI=1S/C12H10F2N2OS/c1-7(16)9(5-15)12(17)6-18-8-2-3-10(13)11(14)4-8/h2-4H,6,16H2,1H3/b9-7+. The summed E-state index contributed by atoms with van der Waals surface area (Å²) < 4.78 is 25.6. The lowest BCUT2D eigenvalue weighted by atomic mass is 10.2. The van der Waals surface area contributed by atoms with E-state index in [0.29, 0.717) is 4.90 Å². The lowest BCUT2D eigenvalue weighted by molar-refractivity contribution is -0.112. The number of hydrogen-bond donors (Lipinski definition) is 1. The Morgan fingerprint density at radius 2 is 2.11 bits per heavy atom. The second kappa shape index (κ2) is 6.17. The van der Waals surface area contributed by atoms with Crippen LogP contribution in [0, 0.1) is 23.0 Å². The fraction of sp³-hybridized carbons (Fsp3) is 0.167. The minimum absolute atomic E-state index is 0.0531. The predicted octanol–water partition coefficient (Wildman–Crippen LogP) is 2.38. The van der Waals surface area contributed by atoms with Gasteiger partial charge in [-0.15, -0.1) is 11.8 Å². The molecule has 0 atom stereocenters. The summed E-state index contributed by atoms with van der Waals surface area (Å²) in [6.07, 6.45) is 0. The Morgan fingerprint density at radius 3 is 2.61 bits per heavy atom. The second-order valence-corrected chi connectivity index (χ2v) is 4.51. The van der Waals surface area contributed by atoms with Crippen molar-refractivity contribution in [2.24, 2.45) is 5.73 Å². The molecule has 0 saturated carbocycles. The van der Waals surface area contributed by atoms with E-state index >= 15 is 0 Å². The summed E-state index contributed by atoms with van der Waals surface area (Å²) in [5.41, 5.74) is 5.42. The van der Waals surface area contributed by atoms with Gasteiger partial charge in [-0.3, -0.25) is 4.79 Å². The fourth-order valence-electron chi connectivity index (χ4n) is 1.16. The number of ketones is 1. The maximum atomic E-state index is 12.9. The van der Waals surface area contributed by atoms with Crippen LogP contribution >= 0.6 is 11.8 Å². The first-order valence-corrected chi connectivity index (χ1v) is 5.91. The van der Waals surface area contributed by atoms with E-state index in [1.165, 1.54) is 13.0 Å². The number of halogens is 2. The highest BCUT2D eigenvalue weighted by Gasteiger charge is 2.12. The molecular weight excluding hydrogens is 258 g/mol. The number of rotatable bonds is 4. The molecule has 0 aromatic heterocycles. The number of nitriles is 1. The van der Waals surface area contributed by atoms with Gasteiger partial charge in [-0.25, -0.2) is 8.78 Å². The highest BCUT2D eigenvalue weighted by Crippen LogP contribution is 2.21. The predicted molar refractivity (Wildman–Crippen MR) is 64.6 cm³/mol. The van der Waals surface area contributed by atoms with Crippen molar-refractivity contribution in [1.82, 2.24) is 0 Å². The van der Waals surface area contributed by atoms with Gasteiger partial charge in [-0.2, -0.15) is 5.26 Å². The fourth-order valence-corrected chi connectivity index (χ4v) is 1.95. The molecule has 1 aromatic carbocycles. The van der Waals surface area contributed by atoms with Crippen LogP contribution in [0.2, 0.25) is 0 Å². The molecule has 0 unspecified atom stereocenters. The van der Waals surface area contributed by atoms with Gasteiger partial charge in [-0.1, -0.05) is 0 Å². The molecule has 1 aromatic rings. The summed E-state index contributed by atoms with van der Waals surface area (Å²) in [5, 5.41) is 8.72. The number of Topliss-reactive ketones (excluding diaryl/α,β-unsaturated/α-hetero) is 1. The van der Waals surface area contributed by atoms with E-state index in [0.717, 1.165) is 23.9 Å². The zero-order valence-corrected chi connectivity index (χ0v) is 10.4. The minimum atomic E-state index is -0.974. The molecule has 3 nitrogen and oxygen atoms in total. The molecule has 2 N–H and O–H groups in total. The first kappa shape index (κ1) is 14.2. The van der Waals surface area contributed by atoms with E-state index in [1.807, 2.05) is 0 Å². The van der Waals surface area contributed by atoms with Crippen LogP contribution in [0.5, 0.6) is 0 Å². The van der Waals surface area contributed by atoms with Crippen LogP contribution in [-0.2, 0) is 4.79 Å². The maximum absolute atomic E-state index is 12.9. The van der Waals surface area contributed by atoms with Crippen molar-refractivity contribution in [2.45, 2.75) is 11.8 Å². The van der Waals surface area contributed by atoms with Gasteiger partial charge in [0.15, 0.2) is 17.4 Å². The Morgan fingerprint density at radius 1 is 1.44 bits per heavy atom. The van der Waals surface area contributed by atoms with E-state index in [2.05, 4.69) is 0 Å². The normalized spacial score (nSPS) is 11.7. The van der Waals surface area contributed by atoms with E-state index in [4.69, 9.17) is 11.0 Å². The van der Waals surface area contributed by atoms with Crippen molar-refractivity contribution in [2.75, 3.05) is 5.75 Å². The number of carbonyl (C=O) groups is 1. The lowest BCUT2D eigenvalue weighted by Crippen LogP contribution is -2.10. The largest absolute Gasteiger partial charge is 0.401 e. The zero-order chi connectivity index (χ0) is 13.7. The van der Waals surface area contributed by atoms with Gasteiger partial charge >= 0.3 is 0 Å². The summed E-state index contributed by atoms with van der Waals surface area (Å²) in [5.74, 6) is -2.41. The minimum Gasteiger partial charge on any atom is -0.401 e. The average Bonchev–Trinajstić information content (AvgIpc) is 2.31. The summed E-state index contributed by atoms with van der Waals surface area (Å²) >= 11 is 1.02. The number of nitrogens with two attached hydrogens (primary N) is 1. The molecule has 18 heavy (non-hydrogen) atoms. The quantitative estimate of drug-likeness (QED) is 0.517. The molecule has 0 amide bonds. The third-order valence-corrected chi connectivity index (χ3v) is 3.04. The highest BCUT2D eigenvalue weighted by atomic mass is 32.2. The van der Waals surface area contributed by atoms with Gasteiger partial charge in [0.2, 0.25) is 0 Å². The zero-order valence-electron chi connectivity index (χ0n) is 9.54. The molecular formula is C12H10F2N2OS. The average molecular weight is 268 g/mol. The molecule has 6 heteroatoms. The Bertz CT molecular complexity index is 545. The Labute approximate surface area is 107 Å². The van der Waals surface area contributed by atoms with Gasteiger partial charge in [0, 0.05) is 10.6 Å². The van der Waals surface area contributed by atoms with Crippen LogP contribution in [0.25, 0.3) is 0 Å². The molecule has 1 rings (SSSR count). The summed E-state index contributed by atoms with van der Waals surface area (Å²) in [6, 6.07) is 5.06. The van der Waals surface area contributed by atoms with Crippen molar-refractivity contribution < 1.29 is 13.6 Å². The van der Waals surface area contributed by atoms with Crippen LogP contribution in [0.3, 0.4) is 0 Å². The summed E-state index contributed by atoms with van der Waals surface area (Å²) in [4.78, 5) is 12.0. The van der Waals surface area contributed by atoms with Crippen LogP contribution in [0.1, 0.15) is 6.92 Å². The molecule has 0 bridgehead atoms. The van der Waals surface area contributed by atoms with Gasteiger partial charge in [-0.05, 0) is 25.1 Å². The van der Waals surface area contributed by atoms with Crippen molar-refractivity contribution >= 4 is 17.5 Å². The van der Waals surface area contributed by atoms with Crippen molar-refractivity contribution in [3.63, 3.8) is 0 Å². The van der Waals surface area contributed by atoms with E-state index < -0.39 is 17.4 Å². The van der Waals surface area contributed by atoms with Gasteiger partial charge < -0.3 is 5.73 Å². The number of nitrogens with zero attached hydrogens (tertiary/aromatic N) is 1. The SMILES string of the molecule is C/C(N)=C(/C#N)C(=O)CSc1ccc(F)c(F)c1. The molecule has 0 radical (unpaired) electrons. The molecule has 0 spiro atoms. The number of allylic oxidation sites excluding steroid dienone is 2. The monoisotopic (exact) mass is 268 g/mol. The molecule has 0 aliphatic rings. The topological polar surface area (TPSA) is 66.9 Å². The molecule has 0 saturated heterocycles.